The lowest BCUT2D eigenvalue weighted by atomic mass is 9.85. The van der Waals surface area contributed by atoms with Gasteiger partial charge in [0, 0.05) is 57.2 Å². The normalized spacial score (nSPS) is 18.5. The van der Waals surface area contributed by atoms with Gasteiger partial charge in [-0.15, -0.1) is 0 Å². The van der Waals surface area contributed by atoms with E-state index >= 15 is 0 Å². The van der Waals surface area contributed by atoms with E-state index in [0.29, 0.717) is 5.56 Å². The van der Waals surface area contributed by atoms with Gasteiger partial charge < -0.3 is 4.90 Å². The van der Waals surface area contributed by atoms with Crippen LogP contribution in [0.15, 0.2) is 42.5 Å². The Kier molecular flexibility index (Phi) is 6.11. The third-order valence-corrected chi connectivity index (χ3v) is 5.92. The average molecular weight is 410 g/mol. The molecule has 4 rings (SSSR count). The van der Waals surface area contributed by atoms with Crippen LogP contribution < -0.4 is 10.2 Å². The smallest absolute Gasteiger partial charge is 0.227 e. The fourth-order valence-corrected chi connectivity index (χ4v) is 4.33. The maximum absolute atomic E-state index is 13.1. The molecule has 0 aliphatic carbocycles. The summed E-state index contributed by atoms with van der Waals surface area (Å²) < 4.78 is 13.1. The Labute approximate surface area is 175 Å². The Morgan fingerprint density at radius 3 is 2.23 bits per heavy atom. The van der Waals surface area contributed by atoms with E-state index in [-0.39, 0.29) is 43.0 Å². The molecule has 0 atom stereocenters. The second kappa shape index (κ2) is 8.93. The number of rotatable bonds is 5. The molecule has 2 amide bonds. The number of benzene rings is 2. The maximum atomic E-state index is 13.1. The third-order valence-electron chi connectivity index (χ3n) is 5.92. The quantitative estimate of drug-likeness (QED) is 0.769. The molecular weight excluding hydrogens is 385 g/mol. The number of nitrogens with one attached hydrogen (secondary N) is 1. The minimum absolute atomic E-state index is 0.230. The first-order valence-corrected chi connectivity index (χ1v) is 10.3. The zero-order valence-electron chi connectivity index (χ0n) is 16.8. The van der Waals surface area contributed by atoms with Gasteiger partial charge in [0.15, 0.2) is 0 Å². The molecule has 0 aromatic heterocycles. The topological polar surface area (TPSA) is 72.6 Å². The monoisotopic (exact) mass is 410 g/mol. The summed E-state index contributed by atoms with van der Waals surface area (Å²) in [6.07, 6.45) is 0.469. The highest BCUT2D eigenvalue weighted by Gasteiger charge is 2.28. The standard InChI is InChI=1S/C23H25FN3O3/c24-19-3-5-20(6-4-19)27-9-7-26(8-10-27)14-16-1-2-17(15-28)21(11-16)18-12-22(29)25-23(30)13-18/h1-6,11,18H,7-10,12-15H2,(H,25,29,30). The molecule has 2 saturated heterocycles. The lowest BCUT2D eigenvalue weighted by molar-refractivity contribution is -0.133. The molecule has 2 aromatic rings. The first-order valence-electron chi connectivity index (χ1n) is 10.3. The number of piperidine rings is 1. The van der Waals surface area contributed by atoms with Gasteiger partial charge in [-0.1, -0.05) is 18.2 Å². The van der Waals surface area contributed by atoms with Crippen molar-refractivity contribution in [2.75, 3.05) is 31.1 Å². The van der Waals surface area contributed by atoms with Crippen LogP contribution in [0, 0.1) is 5.82 Å². The molecule has 0 spiro atoms. The highest BCUT2D eigenvalue weighted by molar-refractivity contribution is 5.98. The predicted octanol–water partition coefficient (Wildman–Crippen LogP) is 2.60. The minimum Gasteiger partial charge on any atom is -0.369 e. The van der Waals surface area contributed by atoms with Gasteiger partial charge in [-0.2, -0.15) is 0 Å². The fourth-order valence-electron chi connectivity index (χ4n) is 4.33. The average Bonchev–Trinajstić information content (AvgIpc) is 2.74. The first kappa shape index (κ1) is 20.5. The zero-order valence-corrected chi connectivity index (χ0v) is 16.8. The van der Waals surface area contributed by atoms with Crippen molar-refractivity contribution in [3.05, 3.63) is 65.0 Å². The number of nitrogens with zero attached hydrogens (tertiary/aromatic N) is 2. The molecule has 2 fully saturated rings. The van der Waals surface area contributed by atoms with Crippen molar-refractivity contribution >= 4 is 17.5 Å². The summed E-state index contributed by atoms with van der Waals surface area (Å²) in [5.41, 5.74) is 3.59. The SMILES string of the molecule is [O]Cc1ccc(CN2CCN(c3ccc(F)cc3)CC2)cc1C1CC(=O)NC(=O)C1. The fraction of sp³-hybridized carbons (Fsp3) is 0.391. The van der Waals surface area contributed by atoms with Crippen molar-refractivity contribution < 1.29 is 19.1 Å². The number of piperazine rings is 1. The molecule has 2 aromatic carbocycles. The number of hydrogen-bond donors (Lipinski definition) is 1. The predicted molar refractivity (Wildman–Crippen MR) is 110 cm³/mol. The Morgan fingerprint density at radius 2 is 1.60 bits per heavy atom. The van der Waals surface area contributed by atoms with E-state index < -0.39 is 0 Å². The molecule has 2 aliphatic rings. The van der Waals surface area contributed by atoms with E-state index in [1.165, 1.54) is 12.1 Å². The van der Waals surface area contributed by atoms with E-state index in [4.69, 9.17) is 0 Å². The van der Waals surface area contributed by atoms with Gasteiger partial charge >= 0.3 is 0 Å². The molecule has 2 heterocycles. The first-order chi connectivity index (χ1) is 14.5. The van der Waals surface area contributed by atoms with Gasteiger partial charge in [0.05, 0.1) is 0 Å². The molecule has 1 radical (unpaired) electrons. The van der Waals surface area contributed by atoms with Crippen molar-refractivity contribution in [1.82, 2.24) is 10.2 Å². The molecular formula is C23H25FN3O3. The molecule has 2 aliphatic heterocycles. The Balaban J connectivity index is 1.42. The number of imide groups is 1. The van der Waals surface area contributed by atoms with Gasteiger partial charge in [-0.25, -0.2) is 9.50 Å². The van der Waals surface area contributed by atoms with Crippen LogP contribution in [-0.4, -0.2) is 42.9 Å². The van der Waals surface area contributed by atoms with Crippen molar-refractivity contribution in [2.45, 2.75) is 31.9 Å². The van der Waals surface area contributed by atoms with Crippen LogP contribution in [0.1, 0.15) is 35.4 Å². The summed E-state index contributed by atoms with van der Waals surface area (Å²) in [6, 6.07) is 12.4. The van der Waals surface area contributed by atoms with E-state index in [9.17, 15) is 19.1 Å². The highest BCUT2D eigenvalue weighted by atomic mass is 19.1. The summed E-state index contributed by atoms with van der Waals surface area (Å²) >= 11 is 0. The summed E-state index contributed by atoms with van der Waals surface area (Å²) in [7, 11) is 0. The second-order valence-electron chi connectivity index (χ2n) is 7.99. The molecule has 6 nitrogen and oxygen atoms in total. The van der Waals surface area contributed by atoms with Crippen molar-refractivity contribution in [2.24, 2.45) is 0 Å². The van der Waals surface area contributed by atoms with Crippen LogP contribution in [0.25, 0.3) is 0 Å². The number of anilines is 1. The van der Waals surface area contributed by atoms with Gasteiger partial charge in [0.25, 0.3) is 0 Å². The van der Waals surface area contributed by atoms with E-state index in [0.717, 1.165) is 49.5 Å². The number of hydrogen-bond acceptors (Lipinski definition) is 4. The summed E-state index contributed by atoms with van der Waals surface area (Å²) in [4.78, 5) is 28.1. The van der Waals surface area contributed by atoms with Crippen molar-refractivity contribution in [3.8, 4) is 0 Å². The lowest BCUT2D eigenvalue weighted by Gasteiger charge is -2.36. The van der Waals surface area contributed by atoms with Crippen LogP contribution in [0.4, 0.5) is 10.1 Å². The molecule has 0 unspecified atom stereocenters. The number of carbonyl (C=O) groups is 2. The largest absolute Gasteiger partial charge is 0.369 e. The maximum Gasteiger partial charge on any atom is 0.227 e. The minimum atomic E-state index is -0.363. The highest BCUT2D eigenvalue weighted by Crippen LogP contribution is 2.30. The van der Waals surface area contributed by atoms with Gasteiger partial charge in [-0.05, 0) is 41.0 Å². The Hall–Kier alpha value is -2.77. The molecule has 157 valence electrons. The molecule has 0 saturated carbocycles. The molecule has 0 bridgehead atoms. The molecule has 1 N–H and O–H groups in total. The zero-order chi connectivity index (χ0) is 21.1. The Morgan fingerprint density at radius 1 is 0.933 bits per heavy atom. The van der Waals surface area contributed by atoms with Crippen LogP contribution in [0.2, 0.25) is 0 Å². The summed E-state index contributed by atoms with van der Waals surface area (Å²) in [5, 5.41) is 14.0. The Bertz CT molecular complexity index is 908. The van der Waals surface area contributed by atoms with Crippen LogP contribution >= 0.6 is 0 Å². The third kappa shape index (κ3) is 4.68. The van der Waals surface area contributed by atoms with E-state index in [1.54, 1.807) is 12.1 Å². The molecule has 7 heteroatoms. The lowest BCUT2D eigenvalue weighted by Crippen LogP contribution is -2.46. The van der Waals surface area contributed by atoms with Crippen LogP contribution in [0.5, 0.6) is 0 Å². The van der Waals surface area contributed by atoms with E-state index in [2.05, 4.69) is 15.1 Å². The van der Waals surface area contributed by atoms with Gasteiger partial charge in [-0.3, -0.25) is 19.8 Å². The van der Waals surface area contributed by atoms with Crippen LogP contribution in [0.3, 0.4) is 0 Å². The summed E-state index contributed by atoms with van der Waals surface area (Å²) in [5.74, 6) is -1.02. The van der Waals surface area contributed by atoms with Crippen LogP contribution in [-0.2, 0) is 27.8 Å². The molecule has 30 heavy (non-hydrogen) atoms. The number of amides is 2. The van der Waals surface area contributed by atoms with E-state index in [1.807, 2.05) is 18.2 Å². The van der Waals surface area contributed by atoms with Crippen molar-refractivity contribution in [3.63, 3.8) is 0 Å². The summed E-state index contributed by atoms with van der Waals surface area (Å²) in [6.45, 7) is 3.85. The number of carbonyl (C=O) groups excluding carboxylic acids is 2. The van der Waals surface area contributed by atoms with Crippen molar-refractivity contribution in [1.29, 1.82) is 0 Å². The number of halogens is 1. The second-order valence-corrected chi connectivity index (χ2v) is 7.99. The van der Waals surface area contributed by atoms with Gasteiger partial charge in [0.2, 0.25) is 11.8 Å². The van der Waals surface area contributed by atoms with Gasteiger partial charge in [0.1, 0.15) is 12.4 Å².